The highest BCUT2D eigenvalue weighted by Crippen LogP contribution is 2.44. The average Bonchev–Trinajstić information content (AvgIpc) is 3.09. The van der Waals surface area contributed by atoms with Crippen molar-refractivity contribution < 1.29 is 4.52 Å². The van der Waals surface area contributed by atoms with Crippen LogP contribution in [0, 0.1) is 11.8 Å². The first kappa shape index (κ1) is 8.48. The van der Waals surface area contributed by atoms with Crippen molar-refractivity contribution >= 4 is 0 Å². The van der Waals surface area contributed by atoms with E-state index in [1.807, 2.05) is 0 Å². The highest BCUT2D eigenvalue weighted by atomic mass is 16.5. The van der Waals surface area contributed by atoms with Gasteiger partial charge < -0.3 is 9.84 Å². The minimum Gasteiger partial charge on any atom is -0.364 e. The number of nitrogens with zero attached hydrogens (tertiary/aromatic N) is 1. The van der Waals surface area contributed by atoms with Crippen LogP contribution in [0.1, 0.15) is 31.2 Å². The fourth-order valence-electron chi connectivity index (χ4n) is 2.18. The minimum atomic E-state index is 0.768. The van der Waals surface area contributed by atoms with Crippen LogP contribution >= 0.6 is 0 Å². The SMILES string of the molecule is c1nocc1CNC(C1CC1)C1CC1. The van der Waals surface area contributed by atoms with Crippen LogP contribution in [0.3, 0.4) is 0 Å². The van der Waals surface area contributed by atoms with Crippen molar-refractivity contribution in [2.75, 3.05) is 0 Å². The molecule has 1 heterocycles. The summed E-state index contributed by atoms with van der Waals surface area (Å²) in [5, 5.41) is 7.35. The van der Waals surface area contributed by atoms with Crippen LogP contribution < -0.4 is 5.32 Å². The predicted molar refractivity (Wildman–Crippen MR) is 52.6 cm³/mol. The summed E-state index contributed by atoms with van der Waals surface area (Å²) in [5.74, 6) is 1.92. The van der Waals surface area contributed by atoms with Gasteiger partial charge in [0.15, 0.2) is 0 Å². The van der Waals surface area contributed by atoms with E-state index >= 15 is 0 Å². The summed E-state index contributed by atoms with van der Waals surface area (Å²) in [4.78, 5) is 0. The normalized spacial score (nSPS) is 21.8. The van der Waals surface area contributed by atoms with Gasteiger partial charge in [-0.2, -0.15) is 0 Å². The van der Waals surface area contributed by atoms with Crippen molar-refractivity contribution in [2.45, 2.75) is 38.3 Å². The molecule has 1 aromatic rings. The quantitative estimate of drug-likeness (QED) is 0.775. The molecule has 3 nitrogen and oxygen atoms in total. The summed E-state index contributed by atoms with van der Waals surface area (Å²) < 4.78 is 4.81. The molecule has 1 N–H and O–H groups in total. The van der Waals surface area contributed by atoms with Gasteiger partial charge in [0.05, 0.1) is 6.20 Å². The second kappa shape index (κ2) is 3.39. The third-order valence-corrected chi connectivity index (χ3v) is 3.29. The third kappa shape index (κ3) is 1.82. The predicted octanol–water partition coefficient (Wildman–Crippen LogP) is 1.95. The van der Waals surface area contributed by atoms with Crippen LogP contribution in [0.25, 0.3) is 0 Å². The van der Waals surface area contributed by atoms with Gasteiger partial charge in [0.2, 0.25) is 0 Å². The van der Waals surface area contributed by atoms with Crippen LogP contribution in [0.4, 0.5) is 0 Å². The van der Waals surface area contributed by atoms with E-state index in [0.29, 0.717) is 0 Å². The first-order chi connectivity index (χ1) is 6.93. The van der Waals surface area contributed by atoms with E-state index in [1.54, 1.807) is 12.5 Å². The van der Waals surface area contributed by atoms with Gasteiger partial charge in [-0.25, -0.2) is 0 Å². The Labute approximate surface area is 83.9 Å². The van der Waals surface area contributed by atoms with E-state index in [4.69, 9.17) is 4.52 Å². The zero-order valence-corrected chi connectivity index (χ0v) is 8.28. The summed E-state index contributed by atoms with van der Waals surface area (Å²) >= 11 is 0. The monoisotopic (exact) mass is 192 g/mol. The second-order valence-corrected chi connectivity index (χ2v) is 4.61. The van der Waals surface area contributed by atoms with Crippen molar-refractivity contribution in [1.82, 2.24) is 10.5 Å². The Kier molecular flexibility index (Phi) is 2.05. The Bertz CT molecular complexity index is 276. The molecule has 0 unspecified atom stereocenters. The number of rotatable bonds is 5. The molecule has 0 aliphatic heterocycles. The summed E-state index contributed by atoms with van der Waals surface area (Å²) in [6.45, 7) is 0.918. The number of aromatic nitrogens is 1. The Morgan fingerprint density at radius 1 is 1.36 bits per heavy atom. The molecule has 0 spiro atoms. The summed E-state index contributed by atoms with van der Waals surface area (Å²) in [7, 11) is 0. The third-order valence-electron chi connectivity index (χ3n) is 3.29. The van der Waals surface area contributed by atoms with Crippen molar-refractivity contribution in [1.29, 1.82) is 0 Å². The van der Waals surface area contributed by atoms with E-state index in [9.17, 15) is 0 Å². The molecule has 0 aromatic carbocycles. The first-order valence-corrected chi connectivity index (χ1v) is 5.55. The lowest BCUT2D eigenvalue weighted by atomic mass is 10.1. The lowest BCUT2D eigenvalue weighted by Gasteiger charge is -2.16. The fraction of sp³-hybridized carbons (Fsp3) is 0.727. The maximum absolute atomic E-state index is 4.81. The van der Waals surface area contributed by atoms with Gasteiger partial charge in [0.25, 0.3) is 0 Å². The molecule has 2 aliphatic carbocycles. The number of nitrogens with one attached hydrogen (secondary N) is 1. The standard InChI is InChI=1S/C11H16N2O/c1-2-9(1)11(10-3-4-10)12-5-8-6-13-14-7-8/h6-7,9-12H,1-5H2. The molecule has 0 amide bonds. The van der Waals surface area contributed by atoms with E-state index in [0.717, 1.165) is 30.0 Å². The molecule has 0 saturated heterocycles. The highest BCUT2D eigenvalue weighted by Gasteiger charge is 2.40. The Morgan fingerprint density at radius 2 is 2.07 bits per heavy atom. The fourth-order valence-corrected chi connectivity index (χ4v) is 2.18. The molecule has 2 fully saturated rings. The topological polar surface area (TPSA) is 38.1 Å². The lowest BCUT2D eigenvalue weighted by molar-refractivity contribution is 0.407. The van der Waals surface area contributed by atoms with Gasteiger partial charge in [-0.1, -0.05) is 5.16 Å². The molecule has 1 aromatic heterocycles. The molecule has 0 radical (unpaired) electrons. The molecule has 3 heteroatoms. The summed E-state index contributed by atoms with van der Waals surface area (Å²) in [6, 6.07) is 0.768. The van der Waals surface area contributed by atoms with Crippen LogP contribution in [-0.4, -0.2) is 11.2 Å². The highest BCUT2D eigenvalue weighted by molar-refractivity contribution is 5.02. The van der Waals surface area contributed by atoms with Gasteiger partial charge in [-0.05, 0) is 37.5 Å². The molecule has 0 atom stereocenters. The Balaban J connectivity index is 1.54. The van der Waals surface area contributed by atoms with Crippen LogP contribution in [0.5, 0.6) is 0 Å². The van der Waals surface area contributed by atoms with Gasteiger partial charge in [0, 0.05) is 18.2 Å². The number of hydrogen-bond donors (Lipinski definition) is 1. The van der Waals surface area contributed by atoms with E-state index < -0.39 is 0 Å². The Hall–Kier alpha value is -0.830. The molecule has 14 heavy (non-hydrogen) atoms. The van der Waals surface area contributed by atoms with Gasteiger partial charge in [-0.15, -0.1) is 0 Å². The van der Waals surface area contributed by atoms with Gasteiger partial charge in [0.1, 0.15) is 6.26 Å². The maximum atomic E-state index is 4.81. The van der Waals surface area contributed by atoms with E-state index in [1.165, 1.54) is 25.7 Å². The van der Waals surface area contributed by atoms with Crippen molar-refractivity contribution in [3.05, 3.63) is 18.0 Å². The van der Waals surface area contributed by atoms with Crippen LogP contribution in [0.15, 0.2) is 17.0 Å². The second-order valence-electron chi connectivity index (χ2n) is 4.61. The smallest absolute Gasteiger partial charge is 0.128 e. The number of hydrogen-bond acceptors (Lipinski definition) is 3. The van der Waals surface area contributed by atoms with Crippen molar-refractivity contribution in [2.24, 2.45) is 11.8 Å². The average molecular weight is 192 g/mol. The zero-order valence-electron chi connectivity index (χ0n) is 8.28. The molecule has 76 valence electrons. The van der Waals surface area contributed by atoms with Crippen LogP contribution in [0.2, 0.25) is 0 Å². The minimum absolute atomic E-state index is 0.768. The maximum Gasteiger partial charge on any atom is 0.128 e. The summed E-state index contributed by atoms with van der Waals surface area (Å²) in [6.07, 6.45) is 9.24. The molecular weight excluding hydrogens is 176 g/mol. The van der Waals surface area contributed by atoms with Crippen LogP contribution in [-0.2, 0) is 6.54 Å². The largest absolute Gasteiger partial charge is 0.364 e. The summed E-state index contributed by atoms with van der Waals surface area (Å²) in [5.41, 5.74) is 1.16. The van der Waals surface area contributed by atoms with Crippen molar-refractivity contribution in [3.8, 4) is 0 Å². The Morgan fingerprint density at radius 3 is 2.57 bits per heavy atom. The molecule has 3 rings (SSSR count). The lowest BCUT2D eigenvalue weighted by Crippen LogP contribution is -2.32. The molecule has 0 bridgehead atoms. The van der Waals surface area contributed by atoms with E-state index in [2.05, 4.69) is 10.5 Å². The molecular formula is C11H16N2O. The van der Waals surface area contributed by atoms with E-state index in [-0.39, 0.29) is 0 Å². The first-order valence-electron chi connectivity index (χ1n) is 5.55. The molecule has 2 saturated carbocycles. The molecule has 2 aliphatic rings. The zero-order chi connectivity index (χ0) is 9.38. The van der Waals surface area contributed by atoms with Gasteiger partial charge >= 0.3 is 0 Å². The van der Waals surface area contributed by atoms with Crippen molar-refractivity contribution in [3.63, 3.8) is 0 Å². The van der Waals surface area contributed by atoms with Gasteiger partial charge in [-0.3, -0.25) is 0 Å².